The van der Waals surface area contributed by atoms with Crippen LogP contribution in [0.25, 0.3) is 10.4 Å². The van der Waals surface area contributed by atoms with Crippen LogP contribution in [-0.4, -0.2) is 44.3 Å². The molecule has 0 N–H and O–H groups in total. The molecule has 1 fully saturated rings. The molecular formula is C7H14I3N4O2V. The molecule has 0 aliphatic carbocycles. The summed E-state index contributed by atoms with van der Waals surface area (Å²) in [4.78, 5) is 14.0. The summed E-state index contributed by atoms with van der Waals surface area (Å²) in [6, 6.07) is 0.357. The summed E-state index contributed by atoms with van der Waals surface area (Å²) < 4.78 is 0. The first kappa shape index (κ1) is 19.0. The fourth-order valence-corrected chi connectivity index (χ4v) is 1.55. The molecule has 0 saturated carbocycles. The maximum absolute atomic E-state index is 8.26. The van der Waals surface area contributed by atoms with Crippen LogP contribution in [0.15, 0.2) is 5.11 Å². The molecule has 0 aromatic carbocycles. The van der Waals surface area contributed by atoms with E-state index in [2.05, 4.69) is 79.7 Å². The SMILES string of the molecule is COOCC1CC(N=[N+]=[N-])CN1C.[I][V]([I])[I]. The number of azide groups is 1. The Morgan fingerprint density at radius 1 is 1.53 bits per heavy atom. The predicted molar refractivity (Wildman–Crippen MR) is 89.0 cm³/mol. The summed E-state index contributed by atoms with van der Waals surface area (Å²) >= 11 is 7.39. The first-order valence-electron chi connectivity index (χ1n) is 4.68. The van der Waals surface area contributed by atoms with Gasteiger partial charge in [0.1, 0.15) is 0 Å². The molecule has 2 atom stereocenters. The Balaban J connectivity index is 0.000000557. The van der Waals surface area contributed by atoms with Crippen LogP contribution in [0, 0.1) is 0 Å². The standard InChI is InChI=1S/C7H14N4O2.3HI.V/c1-11-4-6(9-10-8)3-7(11)5-13-12-2;;;;/h6-7H,3-5H2,1-2H3;3*1H;/q;;;;+3/p-3. The van der Waals surface area contributed by atoms with Crippen molar-refractivity contribution in [3.8, 4) is 0 Å². The van der Waals surface area contributed by atoms with E-state index in [9.17, 15) is 0 Å². The number of likely N-dealkylation sites (tertiary alicyclic amines) is 1. The quantitative estimate of drug-likeness (QED) is 0.121. The van der Waals surface area contributed by atoms with Crippen molar-refractivity contribution >= 4 is 59.9 Å². The maximum atomic E-state index is 8.26. The molecule has 1 heterocycles. The van der Waals surface area contributed by atoms with Crippen LogP contribution in [0.2, 0.25) is 0 Å². The van der Waals surface area contributed by atoms with Gasteiger partial charge in [-0.3, -0.25) is 0 Å². The molecule has 1 aliphatic heterocycles. The zero-order chi connectivity index (χ0) is 13.3. The third-order valence-corrected chi connectivity index (χ3v) is 2.26. The average Bonchev–Trinajstić information content (AvgIpc) is 2.56. The molecule has 2 unspecified atom stereocenters. The van der Waals surface area contributed by atoms with E-state index >= 15 is 0 Å². The molecule has 0 spiro atoms. The van der Waals surface area contributed by atoms with Crippen LogP contribution in [0.1, 0.15) is 6.42 Å². The van der Waals surface area contributed by atoms with Gasteiger partial charge >= 0.3 is 64.9 Å². The third kappa shape index (κ3) is 10.4. The van der Waals surface area contributed by atoms with Crippen molar-refractivity contribution in [1.29, 1.82) is 0 Å². The van der Waals surface area contributed by atoms with E-state index in [0.717, 1.165) is 13.0 Å². The monoisotopic (exact) mass is 618 g/mol. The number of hydrogen-bond donors (Lipinski definition) is 0. The van der Waals surface area contributed by atoms with E-state index in [1.54, 1.807) is 0 Å². The minimum atomic E-state index is -0.278. The molecule has 1 rings (SSSR count). The zero-order valence-corrected chi connectivity index (χ0v) is 17.3. The van der Waals surface area contributed by atoms with Gasteiger partial charge in [-0.05, 0) is 19.0 Å². The van der Waals surface area contributed by atoms with Crippen molar-refractivity contribution in [1.82, 2.24) is 4.90 Å². The number of likely N-dealkylation sites (N-methyl/N-ethyl adjacent to an activating group) is 1. The van der Waals surface area contributed by atoms with Gasteiger partial charge in [-0.1, -0.05) is 5.11 Å². The van der Waals surface area contributed by atoms with Crippen molar-refractivity contribution in [3.05, 3.63) is 10.4 Å². The molecule has 0 aromatic rings. The van der Waals surface area contributed by atoms with Gasteiger partial charge in [-0.25, -0.2) is 9.78 Å². The Bertz CT molecular complexity index is 253. The molecule has 0 aromatic heterocycles. The van der Waals surface area contributed by atoms with Gasteiger partial charge in [0.15, 0.2) is 0 Å². The second-order valence-electron chi connectivity index (χ2n) is 3.33. The molecule has 6 nitrogen and oxygen atoms in total. The normalized spacial score (nSPS) is 24.1. The topological polar surface area (TPSA) is 70.5 Å². The van der Waals surface area contributed by atoms with Crippen molar-refractivity contribution in [2.45, 2.75) is 18.5 Å². The Morgan fingerprint density at radius 3 is 2.59 bits per heavy atom. The van der Waals surface area contributed by atoms with Crippen molar-refractivity contribution in [2.75, 3.05) is 27.3 Å². The fraction of sp³-hybridized carbons (Fsp3) is 1.00. The van der Waals surface area contributed by atoms with E-state index in [0.29, 0.717) is 6.61 Å². The fourth-order valence-electron chi connectivity index (χ4n) is 1.55. The first-order valence-corrected chi connectivity index (χ1v) is 18.2. The van der Waals surface area contributed by atoms with E-state index in [1.165, 1.54) is 7.11 Å². The molecule has 1 aliphatic rings. The van der Waals surface area contributed by atoms with E-state index < -0.39 is 0 Å². The molecular weight excluding hydrogens is 604 g/mol. The Labute approximate surface area is 139 Å². The number of nitrogens with zero attached hydrogens (tertiary/aromatic N) is 4. The van der Waals surface area contributed by atoms with Gasteiger partial charge in [0.05, 0.1) is 19.8 Å². The molecule has 100 valence electrons. The number of halogens is 3. The van der Waals surface area contributed by atoms with Crippen molar-refractivity contribution in [2.24, 2.45) is 5.11 Å². The Hall–Kier alpha value is 1.96. The van der Waals surface area contributed by atoms with Gasteiger partial charge in [0.25, 0.3) is 0 Å². The summed E-state index contributed by atoms with van der Waals surface area (Å²) in [5.41, 5.74) is 8.26. The predicted octanol–water partition coefficient (Wildman–Crippen LogP) is 3.60. The number of hydrogen-bond acceptors (Lipinski definition) is 4. The second kappa shape index (κ2) is 11.8. The van der Waals surface area contributed by atoms with Gasteiger partial charge < -0.3 is 4.90 Å². The van der Waals surface area contributed by atoms with Gasteiger partial charge in [0, 0.05) is 17.5 Å². The summed E-state index contributed by atoms with van der Waals surface area (Å²) in [7, 11) is 3.47. The van der Waals surface area contributed by atoms with Gasteiger partial charge in [-0.15, -0.1) is 0 Å². The van der Waals surface area contributed by atoms with Crippen LogP contribution in [0.5, 0.6) is 0 Å². The van der Waals surface area contributed by atoms with Crippen LogP contribution < -0.4 is 0 Å². The summed E-state index contributed by atoms with van der Waals surface area (Å²) in [6.45, 7) is 1.31. The second-order valence-corrected chi connectivity index (χ2v) is 38.7. The first-order chi connectivity index (χ1) is 8.01. The molecule has 10 heteroatoms. The molecule has 1 saturated heterocycles. The van der Waals surface area contributed by atoms with E-state index in [4.69, 9.17) is 10.4 Å². The Kier molecular flexibility index (Phi) is 13.1. The van der Waals surface area contributed by atoms with Crippen molar-refractivity contribution in [3.63, 3.8) is 0 Å². The van der Waals surface area contributed by atoms with Crippen LogP contribution >= 0.6 is 59.9 Å². The van der Waals surface area contributed by atoms with Crippen LogP contribution in [0.3, 0.4) is 0 Å². The summed E-state index contributed by atoms with van der Waals surface area (Å²) in [5.74, 6) is 0. The van der Waals surface area contributed by atoms with Crippen LogP contribution in [0.4, 0.5) is 0 Å². The van der Waals surface area contributed by atoms with Gasteiger partial charge in [-0.2, -0.15) is 0 Å². The minimum absolute atomic E-state index is 0.0699. The molecule has 17 heavy (non-hydrogen) atoms. The van der Waals surface area contributed by atoms with E-state index in [-0.39, 0.29) is 17.0 Å². The van der Waals surface area contributed by atoms with E-state index in [1.807, 2.05) is 7.05 Å². The molecule has 0 amide bonds. The third-order valence-electron chi connectivity index (χ3n) is 2.26. The van der Waals surface area contributed by atoms with Gasteiger partial charge in [0.2, 0.25) is 0 Å². The summed E-state index contributed by atoms with van der Waals surface area (Å²) in [5, 5.41) is 3.67. The molecule has 0 radical (unpaired) electrons. The summed E-state index contributed by atoms with van der Waals surface area (Å²) in [6.07, 6.45) is 0.837. The zero-order valence-electron chi connectivity index (χ0n) is 9.46. The Morgan fingerprint density at radius 2 is 2.12 bits per heavy atom. The number of rotatable bonds is 4. The van der Waals surface area contributed by atoms with Crippen LogP contribution in [-0.2, 0) is 14.7 Å². The molecule has 0 bridgehead atoms. The van der Waals surface area contributed by atoms with Crippen molar-refractivity contribution < 1.29 is 14.7 Å². The average molecular weight is 618 g/mol.